The molecule has 0 saturated heterocycles. The predicted octanol–water partition coefficient (Wildman–Crippen LogP) is 2.14. The van der Waals surface area contributed by atoms with E-state index in [2.05, 4.69) is 15.7 Å². The first-order chi connectivity index (χ1) is 11.8. The molecule has 3 rings (SSSR count). The van der Waals surface area contributed by atoms with Crippen molar-refractivity contribution >= 4 is 18.3 Å². The molecule has 7 heteroatoms. The largest absolute Gasteiger partial charge is 0.383 e. The van der Waals surface area contributed by atoms with Crippen LogP contribution in [-0.4, -0.2) is 49.0 Å². The Hall–Kier alpha value is -1.89. The third-order valence-electron chi connectivity index (χ3n) is 4.09. The molecule has 0 spiro atoms. The topological polar surface area (TPSA) is 68.2 Å². The summed E-state index contributed by atoms with van der Waals surface area (Å²) in [5.74, 6) is 0.390. The van der Waals surface area contributed by atoms with Crippen LogP contribution in [-0.2, 0) is 4.74 Å². The first-order valence-electron chi connectivity index (χ1n) is 8.42. The number of para-hydroxylation sites is 1. The van der Waals surface area contributed by atoms with E-state index in [-0.39, 0.29) is 18.3 Å². The summed E-state index contributed by atoms with van der Waals surface area (Å²) in [6.07, 6.45) is 3.93. The Labute approximate surface area is 154 Å². The zero-order valence-corrected chi connectivity index (χ0v) is 15.2. The fourth-order valence-electron chi connectivity index (χ4n) is 2.72. The minimum absolute atomic E-state index is 0. The van der Waals surface area contributed by atoms with Crippen LogP contribution in [0.15, 0.2) is 36.5 Å². The van der Waals surface area contributed by atoms with Crippen molar-refractivity contribution < 1.29 is 9.53 Å². The number of rotatable bonds is 9. The highest BCUT2D eigenvalue weighted by molar-refractivity contribution is 5.95. The molecule has 1 aromatic heterocycles. The molecule has 0 bridgehead atoms. The van der Waals surface area contributed by atoms with Crippen molar-refractivity contribution in [2.45, 2.75) is 18.8 Å². The SMILES string of the molecule is COCCNCCNC(=O)c1cnn(-c2ccccc2)c1C1CC1.Cl. The number of hydrogen-bond donors (Lipinski definition) is 2. The summed E-state index contributed by atoms with van der Waals surface area (Å²) in [5, 5.41) is 10.6. The summed E-state index contributed by atoms with van der Waals surface area (Å²) in [6, 6.07) is 9.98. The van der Waals surface area contributed by atoms with Gasteiger partial charge in [0.25, 0.3) is 5.91 Å². The van der Waals surface area contributed by atoms with Gasteiger partial charge in [-0.2, -0.15) is 5.10 Å². The van der Waals surface area contributed by atoms with Crippen LogP contribution in [0.2, 0.25) is 0 Å². The predicted molar refractivity (Wildman–Crippen MR) is 99.9 cm³/mol. The summed E-state index contributed by atoms with van der Waals surface area (Å²) in [5.41, 5.74) is 2.73. The molecule has 1 aromatic carbocycles. The molecule has 1 heterocycles. The maximum atomic E-state index is 12.5. The van der Waals surface area contributed by atoms with Crippen LogP contribution in [0.5, 0.6) is 0 Å². The Morgan fingerprint density at radius 1 is 1.24 bits per heavy atom. The van der Waals surface area contributed by atoms with Crippen LogP contribution in [0.3, 0.4) is 0 Å². The molecule has 1 aliphatic carbocycles. The van der Waals surface area contributed by atoms with Crippen LogP contribution in [0.4, 0.5) is 0 Å². The summed E-state index contributed by atoms with van der Waals surface area (Å²) in [7, 11) is 1.67. The number of aromatic nitrogens is 2. The minimum atomic E-state index is -0.0485. The van der Waals surface area contributed by atoms with Crippen LogP contribution < -0.4 is 10.6 Å². The van der Waals surface area contributed by atoms with E-state index >= 15 is 0 Å². The third kappa shape index (κ3) is 5.04. The average molecular weight is 365 g/mol. The molecular formula is C18H25ClN4O2. The Morgan fingerprint density at radius 2 is 2.00 bits per heavy atom. The molecule has 1 aliphatic rings. The van der Waals surface area contributed by atoms with E-state index in [1.54, 1.807) is 13.3 Å². The van der Waals surface area contributed by atoms with Crippen molar-refractivity contribution in [3.05, 3.63) is 47.8 Å². The Balaban J connectivity index is 0.00000225. The second kappa shape index (κ2) is 9.56. The highest BCUT2D eigenvalue weighted by atomic mass is 35.5. The number of ether oxygens (including phenoxy) is 1. The fourth-order valence-corrected chi connectivity index (χ4v) is 2.72. The van der Waals surface area contributed by atoms with Gasteiger partial charge in [0.1, 0.15) is 0 Å². The molecule has 0 aliphatic heterocycles. The lowest BCUT2D eigenvalue weighted by Crippen LogP contribution is -2.33. The Bertz CT molecular complexity index is 671. The molecule has 0 unspecified atom stereocenters. The van der Waals surface area contributed by atoms with Gasteiger partial charge in [-0.3, -0.25) is 4.79 Å². The normalized spacial score (nSPS) is 13.3. The molecule has 2 N–H and O–H groups in total. The van der Waals surface area contributed by atoms with Crippen LogP contribution in [0, 0.1) is 0 Å². The number of hydrogen-bond acceptors (Lipinski definition) is 4. The average Bonchev–Trinajstić information content (AvgIpc) is 3.36. The highest BCUT2D eigenvalue weighted by Gasteiger charge is 2.32. The lowest BCUT2D eigenvalue weighted by atomic mass is 10.1. The number of amides is 1. The molecule has 0 atom stereocenters. The van der Waals surface area contributed by atoms with Gasteiger partial charge in [-0.15, -0.1) is 12.4 Å². The van der Waals surface area contributed by atoms with Crippen LogP contribution >= 0.6 is 12.4 Å². The standard InChI is InChI=1S/C18H24N4O2.ClH/c1-24-12-11-19-9-10-20-18(23)16-13-21-22(17(16)14-7-8-14)15-5-3-2-4-6-15;/h2-6,13-14,19H,7-12H2,1H3,(H,20,23);1H. The number of carbonyl (C=O) groups is 1. The molecule has 136 valence electrons. The minimum Gasteiger partial charge on any atom is -0.383 e. The lowest BCUT2D eigenvalue weighted by Gasteiger charge is -2.10. The van der Waals surface area contributed by atoms with Gasteiger partial charge >= 0.3 is 0 Å². The zero-order chi connectivity index (χ0) is 16.8. The molecule has 1 amide bonds. The zero-order valence-electron chi connectivity index (χ0n) is 14.4. The van der Waals surface area contributed by atoms with Gasteiger partial charge in [-0.05, 0) is 25.0 Å². The van der Waals surface area contributed by atoms with Gasteiger partial charge < -0.3 is 15.4 Å². The van der Waals surface area contributed by atoms with E-state index in [1.165, 1.54) is 0 Å². The Kier molecular flexibility index (Phi) is 7.43. The van der Waals surface area contributed by atoms with Crippen molar-refractivity contribution in [2.24, 2.45) is 0 Å². The maximum absolute atomic E-state index is 12.5. The summed E-state index contributed by atoms with van der Waals surface area (Å²) in [4.78, 5) is 12.5. The van der Waals surface area contributed by atoms with Crippen molar-refractivity contribution in [3.8, 4) is 5.69 Å². The van der Waals surface area contributed by atoms with E-state index in [1.807, 2.05) is 35.0 Å². The highest BCUT2D eigenvalue weighted by Crippen LogP contribution is 2.42. The first kappa shape index (κ1) is 19.4. The summed E-state index contributed by atoms with van der Waals surface area (Å²) in [6.45, 7) is 2.76. The number of carbonyl (C=O) groups excluding carboxylic acids is 1. The van der Waals surface area contributed by atoms with Crippen LogP contribution in [0.1, 0.15) is 34.8 Å². The van der Waals surface area contributed by atoms with Gasteiger partial charge in [0, 0.05) is 32.7 Å². The second-order valence-corrected chi connectivity index (χ2v) is 5.96. The first-order valence-corrected chi connectivity index (χ1v) is 8.42. The third-order valence-corrected chi connectivity index (χ3v) is 4.09. The second-order valence-electron chi connectivity index (χ2n) is 5.96. The number of nitrogens with zero attached hydrogens (tertiary/aromatic N) is 2. The van der Waals surface area contributed by atoms with Gasteiger partial charge in [-0.1, -0.05) is 18.2 Å². The van der Waals surface area contributed by atoms with E-state index in [0.29, 0.717) is 24.6 Å². The maximum Gasteiger partial charge on any atom is 0.254 e. The molecule has 6 nitrogen and oxygen atoms in total. The quantitative estimate of drug-likeness (QED) is 0.669. The van der Waals surface area contributed by atoms with Crippen molar-refractivity contribution in [3.63, 3.8) is 0 Å². The van der Waals surface area contributed by atoms with Gasteiger partial charge in [0.15, 0.2) is 0 Å². The van der Waals surface area contributed by atoms with Crippen molar-refractivity contribution in [1.82, 2.24) is 20.4 Å². The number of methoxy groups -OCH3 is 1. The van der Waals surface area contributed by atoms with Crippen molar-refractivity contribution in [2.75, 3.05) is 33.4 Å². The molecule has 2 aromatic rings. The van der Waals surface area contributed by atoms with E-state index in [0.717, 1.165) is 37.3 Å². The molecule has 25 heavy (non-hydrogen) atoms. The number of halogens is 1. The van der Waals surface area contributed by atoms with Crippen molar-refractivity contribution in [1.29, 1.82) is 0 Å². The van der Waals surface area contributed by atoms with Gasteiger partial charge in [0.05, 0.1) is 29.7 Å². The molecule has 1 saturated carbocycles. The summed E-state index contributed by atoms with van der Waals surface area (Å²) < 4.78 is 6.88. The number of nitrogens with one attached hydrogen (secondary N) is 2. The Morgan fingerprint density at radius 3 is 2.68 bits per heavy atom. The molecule has 0 radical (unpaired) electrons. The number of benzene rings is 1. The summed E-state index contributed by atoms with van der Waals surface area (Å²) >= 11 is 0. The lowest BCUT2D eigenvalue weighted by molar-refractivity contribution is 0.0952. The van der Waals surface area contributed by atoms with E-state index in [4.69, 9.17) is 4.74 Å². The molecule has 1 fully saturated rings. The van der Waals surface area contributed by atoms with E-state index in [9.17, 15) is 4.79 Å². The smallest absolute Gasteiger partial charge is 0.254 e. The van der Waals surface area contributed by atoms with Crippen LogP contribution in [0.25, 0.3) is 5.69 Å². The van der Waals surface area contributed by atoms with Gasteiger partial charge in [-0.25, -0.2) is 4.68 Å². The van der Waals surface area contributed by atoms with E-state index < -0.39 is 0 Å². The van der Waals surface area contributed by atoms with Gasteiger partial charge in [0.2, 0.25) is 0 Å². The molecular weight excluding hydrogens is 340 g/mol. The monoisotopic (exact) mass is 364 g/mol. The fraction of sp³-hybridized carbons (Fsp3) is 0.444.